The highest BCUT2D eigenvalue weighted by atomic mass is 79.9. The lowest BCUT2D eigenvalue weighted by molar-refractivity contribution is 0.304. The highest BCUT2D eigenvalue weighted by molar-refractivity contribution is 9.11. The van der Waals surface area contributed by atoms with Crippen LogP contribution in [0.25, 0.3) is 0 Å². The van der Waals surface area contributed by atoms with E-state index in [1.54, 1.807) is 6.08 Å². The summed E-state index contributed by atoms with van der Waals surface area (Å²) < 4.78 is 5.60. The van der Waals surface area contributed by atoms with E-state index in [0.29, 0.717) is 15.3 Å². The van der Waals surface area contributed by atoms with Crippen molar-refractivity contribution in [1.82, 2.24) is 0 Å². The zero-order valence-corrected chi connectivity index (χ0v) is 8.00. The maximum Gasteiger partial charge on any atom is 0.150 e. The van der Waals surface area contributed by atoms with Crippen molar-refractivity contribution >= 4 is 27.5 Å². The Hall–Kier alpha value is -0.210. The lowest BCUT2D eigenvalue weighted by atomic mass is 10.4. The van der Waals surface area contributed by atoms with E-state index in [2.05, 4.69) is 29.1 Å². The van der Waals surface area contributed by atoms with Crippen molar-refractivity contribution in [3.8, 4) is 0 Å². The molecule has 0 aliphatic heterocycles. The Labute approximate surface area is 74.1 Å². The van der Waals surface area contributed by atoms with Gasteiger partial charge in [0.1, 0.15) is 0 Å². The van der Waals surface area contributed by atoms with Crippen LogP contribution < -0.4 is 0 Å². The van der Waals surface area contributed by atoms with Crippen LogP contribution >= 0.6 is 27.5 Å². The first-order valence-electron chi connectivity index (χ1n) is 2.54. The van der Waals surface area contributed by atoms with Gasteiger partial charge in [0.15, 0.2) is 5.76 Å². The fraction of sp³-hybridized carbons (Fsp3) is 0.143. The molecular weight excluding hydrogens is 215 g/mol. The molecule has 0 aliphatic rings. The number of methoxy groups -OCH3 is 1. The van der Waals surface area contributed by atoms with Crippen LogP contribution in [0.2, 0.25) is 0 Å². The summed E-state index contributed by atoms with van der Waals surface area (Å²) in [5.41, 5.74) is 0. The van der Waals surface area contributed by atoms with Gasteiger partial charge < -0.3 is 4.74 Å². The summed E-state index contributed by atoms with van der Waals surface area (Å²) in [4.78, 5) is 0. The quantitative estimate of drug-likeness (QED) is 0.527. The fourth-order valence-corrected chi connectivity index (χ4v) is 1.12. The van der Waals surface area contributed by atoms with Crippen molar-refractivity contribution in [2.75, 3.05) is 7.11 Å². The van der Waals surface area contributed by atoms with Crippen LogP contribution in [0.15, 0.2) is 34.5 Å². The molecule has 1 nitrogen and oxygen atoms in total. The Morgan fingerprint density at radius 3 is 2.30 bits per heavy atom. The molecule has 0 aromatic rings. The van der Waals surface area contributed by atoms with Crippen molar-refractivity contribution < 1.29 is 4.74 Å². The van der Waals surface area contributed by atoms with Crippen molar-refractivity contribution in [3.05, 3.63) is 34.5 Å². The van der Waals surface area contributed by atoms with E-state index < -0.39 is 0 Å². The zero-order chi connectivity index (χ0) is 8.15. The average molecular weight is 223 g/mol. The molecule has 0 aromatic heterocycles. The van der Waals surface area contributed by atoms with E-state index >= 15 is 0 Å². The van der Waals surface area contributed by atoms with Gasteiger partial charge in [-0.15, -0.1) is 0 Å². The average Bonchev–Trinajstić information content (AvgIpc) is 1.88. The largest absolute Gasteiger partial charge is 0.494 e. The normalized spacial score (nSPS) is 11.9. The second kappa shape index (κ2) is 4.58. The van der Waals surface area contributed by atoms with Gasteiger partial charge in [0.2, 0.25) is 0 Å². The summed E-state index contributed by atoms with van der Waals surface area (Å²) in [6, 6.07) is 0. The molecule has 0 spiro atoms. The number of halogens is 2. The van der Waals surface area contributed by atoms with E-state index in [1.165, 1.54) is 7.11 Å². The molecule has 0 rings (SSSR count). The Morgan fingerprint density at radius 2 is 2.20 bits per heavy atom. The minimum absolute atomic E-state index is 0.356. The minimum atomic E-state index is 0.356. The number of allylic oxidation sites excluding steroid dienone is 3. The molecule has 0 amide bonds. The second-order valence-electron chi connectivity index (χ2n) is 1.49. The number of ether oxygens (including phenoxy) is 1. The predicted molar refractivity (Wildman–Crippen MR) is 48.2 cm³/mol. The molecule has 0 N–H and O–H groups in total. The Bertz CT molecular complexity index is 184. The van der Waals surface area contributed by atoms with Gasteiger partial charge in [0.25, 0.3) is 0 Å². The van der Waals surface area contributed by atoms with E-state index in [9.17, 15) is 0 Å². The van der Waals surface area contributed by atoms with Crippen LogP contribution in [0, 0.1) is 0 Å². The Kier molecular flexibility index (Phi) is 4.49. The maximum atomic E-state index is 5.56. The third-order valence-electron chi connectivity index (χ3n) is 0.847. The highest BCUT2D eigenvalue weighted by Crippen LogP contribution is 2.21. The van der Waals surface area contributed by atoms with Gasteiger partial charge >= 0.3 is 0 Å². The monoisotopic (exact) mass is 222 g/mol. The molecule has 10 heavy (non-hydrogen) atoms. The highest BCUT2D eigenvalue weighted by Gasteiger charge is 2.02. The SMILES string of the molecule is C=C/C(Br)=C(/OC)C(=C)Cl. The fourth-order valence-electron chi connectivity index (χ4n) is 0.431. The maximum absolute atomic E-state index is 5.56. The van der Waals surface area contributed by atoms with Crippen LogP contribution in [-0.4, -0.2) is 7.11 Å². The molecule has 0 saturated carbocycles. The second-order valence-corrected chi connectivity index (χ2v) is 2.80. The van der Waals surface area contributed by atoms with Gasteiger partial charge in [-0.05, 0) is 15.9 Å². The molecule has 56 valence electrons. The van der Waals surface area contributed by atoms with Crippen molar-refractivity contribution in [1.29, 1.82) is 0 Å². The molecule has 0 aliphatic carbocycles. The predicted octanol–water partition coefficient (Wildman–Crippen LogP) is 3.18. The van der Waals surface area contributed by atoms with E-state index in [0.717, 1.165) is 0 Å². The Morgan fingerprint density at radius 1 is 1.70 bits per heavy atom. The van der Waals surface area contributed by atoms with Gasteiger partial charge in [-0.3, -0.25) is 0 Å². The molecule has 0 unspecified atom stereocenters. The van der Waals surface area contributed by atoms with Crippen LogP contribution in [0.5, 0.6) is 0 Å². The molecule has 0 saturated heterocycles. The van der Waals surface area contributed by atoms with Gasteiger partial charge in [-0.2, -0.15) is 0 Å². The number of hydrogen-bond acceptors (Lipinski definition) is 1. The van der Waals surface area contributed by atoms with E-state index in [4.69, 9.17) is 16.3 Å². The van der Waals surface area contributed by atoms with Crippen molar-refractivity contribution in [2.45, 2.75) is 0 Å². The van der Waals surface area contributed by atoms with Gasteiger partial charge in [-0.1, -0.05) is 30.8 Å². The molecular formula is C7H8BrClO. The topological polar surface area (TPSA) is 9.23 Å². The van der Waals surface area contributed by atoms with Crippen LogP contribution in [0.4, 0.5) is 0 Å². The van der Waals surface area contributed by atoms with Gasteiger partial charge in [0, 0.05) is 0 Å². The molecule has 0 bridgehead atoms. The van der Waals surface area contributed by atoms with Crippen LogP contribution in [0.1, 0.15) is 0 Å². The number of hydrogen-bond donors (Lipinski definition) is 0. The van der Waals surface area contributed by atoms with Gasteiger partial charge in [-0.25, -0.2) is 0 Å². The third-order valence-corrected chi connectivity index (χ3v) is 1.70. The van der Waals surface area contributed by atoms with Gasteiger partial charge in [0.05, 0.1) is 16.6 Å². The molecule has 0 aromatic carbocycles. The smallest absolute Gasteiger partial charge is 0.150 e. The standard InChI is InChI=1S/C7H8BrClO/c1-4-6(8)7(10-3)5(2)9/h4H,1-2H2,3H3/b7-6-. The van der Waals surface area contributed by atoms with E-state index in [-0.39, 0.29) is 0 Å². The Balaban J connectivity index is 4.62. The molecule has 0 fully saturated rings. The third kappa shape index (κ3) is 2.58. The summed E-state index contributed by atoms with van der Waals surface area (Å²) in [7, 11) is 1.52. The van der Waals surface area contributed by atoms with Crippen molar-refractivity contribution in [2.24, 2.45) is 0 Å². The first-order chi connectivity index (χ1) is 4.63. The van der Waals surface area contributed by atoms with E-state index in [1.807, 2.05) is 0 Å². The molecule has 0 heterocycles. The first kappa shape index (κ1) is 9.79. The van der Waals surface area contributed by atoms with Crippen molar-refractivity contribution in [3.63, 3.8) is 0 Å². The lowest BCUT2D eigenvalue weighted by Crippen LogP contribution is -1.86. The minimum Gasteiger partial charge on any atom is -0.494 e. The van der Waals surface area contributed by atoms with Crippen LogP contribution in [0.3, 0.4) is 0 Å². The molecule has 0 atom stereocenters. The van der Waals surface area contributed by atoms with Crippen LogP contribution in [-0.2, 0) is 4.74 Å². The number of rotatable bonds is 3. The summed E-state index contributed by atoms with van der Waals surface area (Å²) in [5, 5.41) is 0.356. The molecule has 0 radical (unpaired) electrons. The zero-order valence-electron chi connectivity index (χ0n) is 5.66. The summed E-state index contributed by atoms with van der Waals surface area (Å²) >= 11 is 8.76. The first-order valence-corrected chi connectivity index (χ1v) is 3.71. The summed E-state index contributed by atoms with van der Waals surface area (Å²) in [5.74, 6) is 0.511. The summed E-state index contributed by atoms with van der Waals surface area (Å²) in [6.07, 6.45) is 1.59. The summed E-state index contributed by atoms with van der Waals surface area (Å²) in [6.45, 7) is 7.03. The molecule has 3 heteroatoms. The lowest BCUT2D eigenvalue weighted by Gasteiger charge is -2.03.